The Morgan fingerprint density at radius 3 is 1.45 bits per heavy atom. The molecule has 1 N–H and O–H groups in total. The fourth-order valence-electron chi connectivity index (χ4n) is 3.24. The molecule has 0 aromatic heterocycles. The van der Waals surface area contributed by atoms with Gasteiger partial charge >= 0.3 is 12.1 Å². The van der Waals surface area contributed by atoms with Gasteiger partial charge in [-0.1, -0.05) is 91.0 Å². The number of alkyl halides is 3. The molecule has 6 heteroatoms. The van der Waals surface area contributed by atoms with Crippen molar-refractivity contribution in [1.29, 1.82) is 0 Å². The molecule has 0 aliphatic carbocycles. The third-order valence-electron chi connectivity index (χ3n) is 4.50. The molecule has 3 rings (SSSR count). The monoisotopic (exact) mass is 415 g/mol. The van der Waals surface area contributed by atoms with E-state index in [0.29, 0.717) is 5.75 Å². The first kappa shape index (κ1) is 21.0. The Morgan fingerprint density at radius 1 is 0.724 bits per heavy atom. The van der Waals surface area contributed by atoms with E-state index < -0.39 is 16.8 Å². The standard InChI is InChI=1S/C23H20F3NOS/c24-23(25,26)21(28)27-16-17-29-22(18-10-4-1-5-11-18,19-12-6-2-7-13-19)20-14-8-3-9-15-20/h1-15H,16-17H2,(H,27,28). The normalized spacial score (nSPS) is 11.8. The Bertz CT molecular complexity index is 818. The van der Waals surface area contributed by atoms with Gasteiger partial charge in [-0.25, -0.2) is 0 Å². The molecule has 3 aromatic carbocycles. The van der Waals surface area contributed by atoms with Crippen LogP contribution in [0.2, 0.25) is 0 Å². The van der Waals surface area contributed by atoms with E-state index in [0.717, 1.165) is 16.7 Å². The number of carbonyl (C=O) groups is 1. The molecular weight excluding hydrogens is 395 g/mol. The van der Waals surface area contributed by atoms with Gasteiger partial charge in [0, 0.05) is 12.3 Å². The van der Waals surface area contributed by atoms with E-state index in [4.69, 9.17) is 0 Å². The summed E-state index contributed by atoms with van der Waals surface area (Å²) in [4.78, 5) is 11.2. The molecule has 0 unspecified atom stereocenters. The largest absolute Gasteiger partial charge is 0.471 e. The molecule has 0 fully saturated rings. The third-order valence-corrected chi connectivity index (χ3v) is 6.05. The van der Waals surface area contributed by atoms with E-state index in [1.807, 2.05) is 96.3 Å². The Balaban J connectivity index is 1.98. The lowest BCUT2D eigenvalue weighted by atomic mass is 9.84. The first-order valence-corrected chi connectivity index (χ1v) is 10.1. The molecule has 0 bridgehead atoms. The van der Waals surface area contributed by atoms with E-state index in [1.165, 1.54) is 11.8 Å². The Morgan fingerprint density at radius 2 is 1.10 bits per heavy atom. The average Bonchev–Trinajstić information content (AvgIpc) is 2.75. The summed E-state index contributed by atoms with van der Waals surface area (Å²) in [6, 6.07) is 29.6. The highest BCUT2D eigenvalue weighted by Crippen LogP contribution is 2.48. The van der Waals surface area contributed by atoms with Crippen molar-refractivity contribution < 1.29 is 18.0 Å². The van der Waals surface area contributed by atoms with Crippen LogP contribution in [0.4, 0.5) is 13.2 Å². The second-order valence-electron chi connectivity index (χ2n) is 6.38. The predicted molar refractivity (Wildman–Crippen MR) is 111 cm³/mol. The molecule has 0 aliphatic rings. The smallest absolute Gasteiger partial charge is 0.347 e. The Labute approximate surface area is 172 Å². The van der Waals surface area contributed by atoms with Crippen LogP contribution in [0.3, 0.4) is 0 Å². The fraction of sp³-hybridized carbons (Fsp3) is 0.174. The highest BCUT2D eigenvalue weighted by Gasteiger charge is 2.39. The van der Waals surface area contributed by atoms with Gasteiger partial charge < -0.3 is 5.32 Å². The molecule has 3 aromatic rings. The minimum Gasteiger partial charge on any atom is -0.347 e. The van der Waals surface area contributed by atoms with Crippen molar-refractivity contribution in [2.45, 2.75) is 10.9 Å². The second-order valence-corrected chi connectivity index (χ2v) is 7.69. The van der Waals surface area contributed by atoms with Gasteiger partial charge in [0.2, 0.25) is 0 Å². The summed E-state index contributed by atoms with van der Waals surface area (Å²) in [5.41, 5.74) is 3.05. The molecule has 0 atom stereocenters. The van der Waals surface area contributed by atoms with Gasteiger partial charge in [0.15, 0.2) is 0 Å². The maximum Gasteiger partial charge on any atom is 0.471 e. The number of hydrogen-bond donors (Lipinski definition) is 1. The van der Waals surface area contributed by atoms with E-state index in [9.17, 15) is 18.0 Å². The average molecular weight is 415 g/mol. The second kappa shape index (κ2) is 9.18. The lowest BCUT2D eigenvalue weighted by Gasteiger charge is -2.35. The predicted octanol–water partition coefficient (Wildman–Crippen LogP) is 5.39. The van der Waals surface area contributed by atoms with Gasteiger partial charge in [-0.15, -0.1) is 11.8 Å². The molecule has 0 radical (unpaired) electrons. The molecule has 29 heavy (non-hydrogen) atoms. The lowest BCUT2D eigenvalue weighted by molar-refractivity contribution is -0.173. The third kappa shape index (κ3) is 4.82. The molecule has 0 heterocycles. The zero-order chi connectivity index (χ0) is 20.7. The van der Waals surface area contributed by atoms with Crippen molar-refractivity contribution in [2.75, 3.05) is 12.3 Å². The van der Waals surface area contributed by atoms with Gasteiger partial charge in [0.1, 0.15) is 0 Å². The minimum absolute atomic E-state index is 0.0861. The van der Waals surface area contributed by atoms with Crippen LogP contribution >= 0.6 is 11.8 Å². The summed E-state index contributed by atoms with van der Waals surface area (Å²) in [6.07, 6.45) is -4.87. The summed E-state index contributed by atoms with van der Waals surface area (Å²) >= 11 is 1.50. The van der Waals surface area contributed by atoms with Crippen LogP contribution in [0.25, 0.3) is 0 Å². The van der Waals surface area contributed by atoms with Gasteiger partial charge in [-0.3, -0.25) is 4.79 Å². The Hall–Kier alpha value is -2.73. The summed E-state index contributed by atoms with van der Waals surface area (Å²) in [6.45, 7) is -0.0861. The highest BCUT2D eigenvalue weighted by atomic mass is 32.2. The van der Waals surface area contributed by atoms with Gasteiger partial charge in [0.25, 0.3) is 0 Å². The van der Waals surface area contributed by atoms with Gasteiger partial charge in [-0.2, -0.15) is 13.2 Å². The van der Waals surface area contributed by atoms with Crippen molar-refractivity contribution in [3.63, 3.8) is 0 Å². The number of amides is 1. The lowest BCUT2D eigenvalue weighted by Crippen LogP contribution is -2.38. The van der Waals surface area contributed by atoms with Crippen molar-refractivity contribution in [1.82, 2.24) is 5.32 Å². The molecular formula is C23H20F3NOS. The summed E-state index contributed by atoms with van der Waals surface area (Å²) < 4.78 is 36.8. The van der Waals surface area contributed by atoms with Crippen molar-refractivity contribution >= 4 is 17.7 Å². The van der Waals surface area contributed by atoms with E-state index in [2.05, 4.69) is 0 Å². The maximum absolute atomic E-state index is 12.5. The summed E-state index contributed by atoms with van der Waals surface area (Å²) in [7, 11) is 0. The molecule has 0 spiro atoms. The molecule has 2 nitrogen and oxygen atoms in total. The first-order valence-electron chi connectivity index (χ1n) is 9.10. The zero-order valence-electron chi connectivity index (χ0n) is 15.5. The number of hydrogen-bond acceptors (Lipinski definition) is 2. The summed E-state index contributed by atoms with van der Waals surface area (Å²) in [5.74, 6) is -1.61. The van der Waals surface area contributed by atoms with Crippen LogP contribution in [0.15, 0.2) is 91.0 Å². The van der Waals surface area contributed by atoms with E-state index in [-0.39, 0.29) is 6.54 Å². The van der Waals surface area contributed by atoms with Crippen LogP contribution in [0, 0.1) is 0 Å². The highest BCUT2D eigenvalue weighted by molar-refractivity contribution is 8.00. The summed E-state index contributed by atoms with van der Waals surface area (Å²) in [5, 5.41) is 1.96. The SMILES string of the molecule is O=C(NCCSC(c1ccccc1)(c1ccccc1)c1ccccc1)C(F)(F)F. The molecule has 0 aliphatic heterocycles. The number of thioether (sulfide) groups is 1. The van der Waals surface area contributed by atoms with Crippen LogP contribution in [-0.4, -0.2) is 24.4 Å². The maximum atomic E-state index is 12.5. The molecule has 0 saturated heterocycles. The topological polar surface area (TPSA) is 29.1 Å². The van der Waals surface area contributed by atoms with E-state index in [1.54, 1.807) is 0 Å². The quantitative estimate of drug-likeness (QED) is 0.414. The van der Waals surface area contributed by atoms with Gasteiger partial charge in [-0.05, 0) is 16.7 Å². The minimum atomic E-state index is -4.87. The van der Waals surface area contributed by atoms with Crippen molar-refractivity contribution in [3.05, 3.63) is 108 Å². The first-order chi connectivity index (χ1) is 13.9. The van der Waals surface area contributed by atoms with Crippen molar-refractivity contribution in [2.24, 2.45) is 0 Å². The number of rotatable bonds is 7. The fourth-order valence-corrected chi connectivity index (χ4v) is 4.66. The van der Waals surface area contributed by atoms with Crippen LogP contribution in [-0.2, 0) is 9.54 Å². The van der Waals surface area contributed by atoms with E-state index >= 15 is 0 Å². The molecule has 0 saturated carbocycles. The Kier molecular flexibility index (Phi) is 6.64. The molecule has 1 amide bonds. The van der Waals surface area contributed by atoms with Gasteiger partial charge in [0.05, 0.1) is 4.75 Å². The number of nitrogens with one attached hydrogen (secondary N) is 1. The number of halogens is 3. The number of benzene rings is 3. The van der Waals surface area contributed by atoms with Crippen LogP contribution in [0.5, 0.6) is 0 Å². The van der Waals surface area contributed by atoms with Crippen LogP contribution in [0.1, 0.15) is 16.7 Å². The number of carbonyl (C=O) groups excluding carboxylic acids is 1. The zero-order valence-corrected chi connectivity index (χ0v) is 16.3. The van der Waals surface area contributed by atoms with Crippen LogP contribution < -0.4 is 5.32 Å². The molecule has 150 valence electrons. The van der Waals surface area contributed by atoms with Crippen molar-refractivity contribution in [3.8, 4) is 0 Å².